The number of nitrogens with one attached hydrogen (secondary N) is 1. The Morgan fingerprint density at radius 2 is 1.38 bits per heavy atom. The number of carbonyl (C=O) groups excluding carboxylic acids is 2. The lowest BCUT2D eigenvalue weighted by Gasteiger charge is -2.21. The quantitative estimate of drug-likeness (QED) is 0.0303. The largest absolute Gasteiger partial charge is 0.508 e. The Kier molecular flexibility index (Phi) is 20.9. The second-order valence-electron chi connectivity index (χ2n) is 14.3. The molecule has 1 unspecified atom stereocenters. The van der Waals surface area contributed by atoms with Crippen molar-refractivity contribution >= 4 is 28.2 Å². The van der Waals surface area contributed by atoms with E-state index in [0.717, 1.165) is 5.56 Å². The molecular weight excluding hydrogens is 901 g/mol. The summed E-state index contributed by atoms with van der Waals surface area (Å²) in [5, 5.41) is 33.1. The first-order valence-corrected chi connectivity index (χ1v) is 21.3. The molecule has 0 radical (unpaired) electrons. The summed E-state index contributed by atoms with van der Waals surface area (Å²) < 4.78 is 79.2. The van der Waals surface area contributed by atoms with E-state index in [-0.39, 0.29) is 92.3 Å². The molecule has 1 atom stereocenters. The Hall–Kier alpha value is -6.04. The van der Waals surface area contributed by atoms with E-state index >= 15 is 0 Å². The van der Waals surface area contributed by atoms with Gasteiger partial charge in [0.2, 0.25) is 5.75 Å². The van der Waals surface area contributed by atoms with E-state index in [9.17, 15) is 18.0 Å². The number of para-hydroxylation sites is 1. The maximum Gasteiger partial charge on any atom is 0.508 e. The number of carbonyl (C=O) groups is 2. The molecule has 0 aliphatic rings. The fourth-order valence-corrected chi connectivity index (χ4v) is 6.03. The molecule has 0 saturated carbocycles. The molecule has 2 heterocycles. The molecule has 0 bridgehead atoms. The number of rotatable bonds is 27. The van der Waals surface area contributed by atoms with E-state index in [2.05, 4.69) is 29.3 Å². The average Bonchev–Trinajstić information content (AvgIpc) is 3.27. The fourth-order valence-electron chi connectivity index (χ4n) is 5.09. The zero-order valence-corrected chi connectivity index (χ0v) is 37.4. The minimum absolute atomic E-state index is 0.0508. The van der Waals surface area contributed by atoms with E-state index < -0.39 is 52.4 Å². The lowest BCUT2D eigenvalue weighted by molar-refractivity contribution is -0.493. The molecule has 0 spiro atoms. The van der Waals surface area contributed by atoms with Crippen LogP contribution in [0.3, 0.4) is 0 Å². The summed E-state index contributed by atoms with van der Waals surface area (Å²) in [6.45, 7) is 4.74. The molecule has 362 valence electrons. The molecule has 26 heteroatoms. The average molecular weight is 953 g/mol. The number of hydrogen-bond donors (Lipinski definition) is 5. The Labute approximate surface area is 378 Å². The molecule has 4 aromatic rings. The Balaban J connectivity index is 1.66. The highest BCUT2D eigenvalue weighted by molar-refractivity contribution is 7.92. The van der Waals surface area contributed by atoms with Gasteiger partial charge in [0.25, 0.3) is 15.9 Å². The monoisotopic (exact) mass is 952 g/mol. The third-order valence-electron chi connectivity index (χ3n) is 8.42. The zero-order chi connectivity index (χ0) is 48.1. The summed E-state index contributed by atoms with van der Waals surface area (Å²) in [7, 11) is -2.99. The first-order chi connectivity index (χ1) is 31.4. The normalized spacial score (nSPS) is 12.1. The summed E-state index contributed by atoms with van der Waals surface area (Å²) >= 11 is 0. The summed E-state index contributed by atoms with van der Waals surface area (Å²) in [5.41, 5.74) is 1.49. The molecule has 4 rings (SSSR count). The van der Waals surface area contributed by atoms with Crippen molar-refractivity contribution in [2.75, 3.05) is 77.9 Å². The van der Waals surface area contributed by atoms with Crippen molar-refractivity contribution in [1.29, 1.82) is 0 Å². The van der Waals surface area contributed by atoms with E-state index in [1.165, 1.54) is 19.4 Å². The number of aryl methyl sites for hydroxylation is 1. The van der Waals surface area contributed by atoms with Gasteiger partial charge in [-0.3, -0.25) is 25.6 Å². The summed E-state index contributed by atoms with van der Waals surface area (Å²) in [5.74, 6) is -0.333. The zero-order valence-electron chi connectivity index (χ0n) is 36.6. The third-order valence-corrected chi connectivity index (χ3v) is 9.67. The number of nitrogens with zero attached hydrogens (tertiary/aromatic N) is 5. The lowest BCUT2D eigenvalue weighted by Crippen LogP contribution is -2.32. The van der Waals surface area contributed by atoms with Gasteiger partial charge < -0.3 is 42.6 Å². The van der Waals surface area contributed by atoms with Crippen LogP contribution in [0, 0.1) is 6.92 Å². The molecule has 2 aromatic carbocycles. The van der Waals surface area contributed by atoms with Crippen molar-refractivity contribution in [1.82, 2.24) is 25.7 Å². The highest BCUT2D eigenvalue weighted by atomic mass is 32.2. The molecule has 0 amide bonds. The maximum absolute atomic E-state index is 14.0. The Morgan fingerprint density at radius 3 is 1.95 bits per heavy atom. The molecule has 2 aromatic heterocycles. The maximum atomic E-state index is 14.0. The van der Waals surface area contributed by atoms with Crippen LogP contribution >= 0.6 is 0 Å². The standard InChI is InChI=1S/C40H52N6O19S/c1-27-8-6-7-9-32(27)65-34-36(44-66(53,54)33-15-12-29(24-41-33)40(2,3)4)42-35(28-10-13-30(55-5)14-11-28)43-37(34)60-25-31(64-39(48)59-21-17-57-19-23-63-46(51)52)26-61-38(47)58-20-16-56-18-22-62-45(49)50/h6-15,24,31,49-52H,16-23,25-26H2,1-5H3,(H,42,43,44). The minimum atomic E-state index is -4.47. The highest BCUT2D eigenvalue weighted by Crippen LogP contribution is 2.40. The van der Waals surface area contributed by atoms with Crippen LogP contribution in [-0.2, 0) is 53.5 Å². The van der Waals surface area contributed by atoms with Crippen molar-refractivity contribution in [2.24, 2.45) is 0 Å². The Morgan fingerprint density at radius 1 is 0.758 bits per heavy atom. The van der Waals surface area contributed by atoms with Crippen molar-refractivity contribution < 1.29 is 91.1 Å². The van der Waals surface area contributed by atoms with Crippen LogP contribution < -0.4 is 18.9 Å². The first-order valence-electron chi connectivity index (χ1n) is 19.8. The van der Waals surface area contributed by atoms with Crippen LogP contribution in [0.25, 0.3) is 11.4 Å². The smallest absolute Gasteiger partial charge is 0.497 e. The first kappa shape index (κ1) is 52.6. The van der Waals surface area contributed by atoms with E-state index in [1.54, 1.807) is 61.5 Å². The number of sulfonamides is 1. The van der Waals surface area contributed by atoms with Gasteiger partial charge in [0.15, 0.2) is 22.8 Å². The number of methoxy groups -OCH3 is 1. The van der Waals surface area contributed by atoms with Crippen molar-refractivity contribution in [3.8, 4) is 34.5 Å². The number of pyridine rings is 1. The predicted octanol–water partition coefficient (Wildman–Crippen LogP) is 4.86. The van der Waals surface area contributed by atoms with Crippen LogP contribution in [0.1, 0.15) is 31.9 Å². The van der Waals surface area contributed by atoms with Gasteiger partial charge in [-0.05, 0) is 59.9 Å². The topological polar surface area (TPSA) is 308 Å². The fraction of sp³-hybridized carbons (Fsp3) is 0.425. The molecule has 0 aliphatic carbocycles. The van der Waals surface area contributed by atoms with Crippen molar-refractivity contribution in [2.45, 2.75) is 44.2 Å². The van der Waals surface area contributed by atoms with Crippen LogP contribution in [0.2, 0.25) is 0 Å². The molecule has 5 N–H and O–H groups in total. The van der Waals surface area contributed by atoms with Crippen molar-refractivity contribution in [3.05, 3.63) is 78.0 Å². The van der Waals surface area contributed by atoms with Crippen molar-refractivity contribution in [3.63, 3.8) is 0 Å². The number of aromatic nitrogens is 3. The summed E-state index contributed by atoms with van der Waals surface area (Å²) in [6, 6.07) is 16.3. The molecule has 0 aliphatic heterocycles. The SMILES string of the molecule is COc1ccc(-c2nc(NS(=O)(=O)c3ccc(C(C)(C)C)cn3)c(Oc3ccccc3C)c(OCC(COC(=O)OCCOCCON(O)O)OC(=O)OCCOCCON(O)O)n2)cc1. The van der Waals surface area contributed by atoms with E-state index in [4.69, 9.17) is 63.5 Å². The van der Waals surface area contributed by atoms with Gasteiger partial charge >= 0.3 is 12.3 Å². The van der Waals surface area contributed by atoms with Gasteiger partial charge in [-0.1, -0.05) is 45.0 Å². The van der Waals surface area contributed by atoms with Gasteiger partial charge in [0, 0.05) is 11.8 Å². The minimum Gasteiger partial charge on any atom is -0.497 e. The van der Waals surface area contributed by atoms with Gasteiger partial charge in [-0.15, -0.1) is 0 Å². The number of ether oxygens (including phenoxy) is 9. The van der Waals surface area contributed by atoms with Gasteiger partial charge in [-0.2, -0.15) is 13.4 Å². The molecule has 0 saturated heterocycles. The van der Waals surface area contributed by atoms with Gasteiger partial charge in [0.05, 0.1) is 57.5 Å². The predicted molar refractivity (Wildman–Crippen MR) is 222 cm³/mol. The number of benzene rings is 2. The van der Waals surface area contributed by atoms with Crippen LogP contribution in [0.4, 0.5) is 15.4 Å². The number of anilines is 1. The molecule has 0 fully saturated rings. The van der Waals surface area contributed by atoms with E-state index in [1.807, 2.05) is 20.8 Å². The summed E-state index contributed by atoms with van der Waals surface area (Å²) in [4.78, 5) is 47.5. The second-order valence-corrected chi connectivity index (χ2v) is 16.0. The molecule has 66 heavy (non-hydrogen) atoms. The van der Waals surface area contributed by atoms with Gasteiger partial charge in [0.1, 0.15) is 37.9 Å². The summed E-state index contributed by atoms with van der Waals surface area (Å²) in [6.07, 6.45) is -2.46. The number of hydrogen-bond acceptors (Lipinski definition) is 24. The Bertz CT molecular complexity index is 2230. The van der Waals surface area contributed by atoms with Crippen LogP contribution in [0.15, 0.2) is 71.9 Å². The van der Waals surface area contributed by atoms with Crippen LogP contribution in [-0.4, -0.2) is 147 Å². The highest BCUT2D eigenvalue weighted by Gasteiger charge is 2.28. The molecule has 25 nitrogen and oxygen atoms in total. The van der Waals surface area contributed by atoms with Gasteiger partial charge in [-0.25, -0.2) is 29.2 Å². The second kappa shape index (κ2) is 26.2. The third kappa shape index (κ3) is 18.1. The van der Waals surface area contributed by atoms with Crippen LogP contribution in [0.5, 0.6) is 23.1 Å². The molecular formula is C40H52N6O19S. The lowest BCUT2D eigenvalue weighted by atomic mass is 9.88. The van der Waals surface area contributed by atoms with E-state index in [0.29, 0.717) is 16.9 Å².